The van der Waals surface area contributed by atoms with Crippen molar-refractivity contribution in [3.8, 4) is 23.2 Å². The van der Waals surface area contributed by atoms with Crippen LogP contribution in [0, 0.1) is 0 Å². The Bertz CT molecular complexity index is 1370. The average Bonchev–Trinajstić information content (AvgIpc) is 3.44. The number of phenolic OH excluding ortho intramolecular Hbond substituents is 1. The maximum atomic E-state index is 9.53. The van der Waals surface area contributed by atoms with Crippen molar-refractivity contribution in [2.45, 2.75) is 13.2 Å². The molecule has 160 valence electrons. The maximum absolute atomic E-state index is 9.53. The fourth-order valence-corrected chi connectivity index (χ4v) is 3.40. The van der Waals surface area contributed by atoms with E-state index in [2.05, 4.69) is 21.6 Å². The van der Waals surface area contributed by atoms with Crippen LogP contribution in [0.3, 0.4) is 0 Å². The second-order valence-electron chi connectivity index (χ2n) is 7.10. The molecule has 1 N–H and O–H groups in total. The number of halogens is 1. The smallest absolute Gasteiger partial charge is 0.291 e. The minimum absolute atomic E-state index is 0.00801. The lowest BCUT2D eigenvalue weighted by Crippen LogP contribution is -2.02. The number of hydrogen-bond donors (Lipinski definition) is 1. The normalized spacial score (nSPS) is 11.0. The molecule has 0 aliphatic carbocycles. The zero-order chi connectivity index (χ0) is 21.9. The van der Waals surface area contributed by atoms with Gasteiger partial charge in [0, 0.05) is 17.5 Å². The molecular formula is C23H17ClN4O4. The Morgan fingerprint density at radius 2 is 1.84 bits per heavy atom. The van der Waals surface area contributed by atoms with Gasteiger partial charge in [0.1, 0.15) is 35.8 Å². The number of aromatic nitrogens is 4. The summed E-state index contributed by atoms with van der Waals surface area (Å²) in [7, 11) is 0. The van der Waals surface area contributed by atoms with Crippen LogP contribution in [-0.4, -0.2) is 25.3 Å². The van der Waals surface area contributed by atoms with E-state index in [9.17, 15) is 5.11 Å². The molecule has 5 rings (SSSR count). The topological polar surface area (TPSA) is 95.4 Å². The van der Waals surface area contributed by atoms with Gasteiger partial charge in [0.15, 0.2) is 0 Å². The summed E-state index contributed by atoms with van der Waals surface area (Å²) in [5.41, 5.74) is 2.79. The van der Waals surface area contributed by atoms with Crippen LogP contribution in [0.15, 0.2) is 77.5 Å². The van der Waals surface area contributed by atoms with Crippen molar-refractivity contribution in [1.82, 2.24) is 20.2 Å². The summed E-state index contributed by atoms with van der Waals surface area (Å²) in [6.45, 7) is 1.01. The molecule has 0 radical (unpaired) electrons. The summed E-state index contributed by atoms with van der Waals surface area (Å²) >= 11 is 5.92. The van der Waals surface area contributed by atoms with Crippen LogP contribution in [0.1, 0.15) is 11.1 Å². The van der Waals surface area contributed by atoms with Gasteiger partial charge >= 0.3 is 0 Å². The van der Waals surface area contributed by atoms with E-state index in [4.69, 9.17) is 25.5 Å². The highest BCUT2D eigenvalue weighted by Crippen LogP contribution is 2.34. The van der Waals surface area contributed by atoms with E-state index in [-0.39, 0.29) is 10.8 Å². The number of ether oxygens (including phenoxy) is 2. The van der Waals surface area contributed by atoms with Gasteiger partial charge in [0.2, 0.25) is 0 Å². The highest BCUT2D eigenvalue weighted by Gasteiger charge is 2.09. The van der Waals surface area contributed by atoms with Gasteiger partial charge in [-0.2, -0.15) is 0 Å². The van der Waals surface area contributed by atoms with Crippen LogP contribution in [0.4, 0.5) is 0 Å². The van der Waals surface area contributed by atoms with Gasteiger partial charge in [-0.3, -0.25) is 0 Å². The van der Waals surface area contributed by atoms with E-state index in [1.165, 1.54) is 12.1 Å². The molecule has 0 aliphatic rings. The third-order valence-electron chi connectivity index (χ3n) is 4.74. The Kier molecular flexibility index (Phi) is 5.35. The highest BCUT2D eigenvalue weighted by atomic mass is 35.5. The zero-order valence-corrected chi connectivity index (χ0v) is 17.4. The summed E-state index contributed by atoms with van der Waals surface area (Å²) < 4.78 is 19.1. The van der Waals surface area contributed by atoms with Crippen LogP contribution >= 0.6 is 11.6 Å². The van der Waals surface area contributed by atoms with Crippen molar-refractivity contribution in [2.75, 3.05) is 0 Å². The van der Waals surface area contributed by atoms with Crippen molar-refractivity contribution >= 4 is 22.6 Å². The monoisotopic (exact) mass is 448 g/mol. The van der Waals surface area contributed by atoms with Gasteiger partial charge < -0.3 is 19.0 Å². The Labute approximate surface area is 187 Å². The average molecular weight is 449 g/mol. The molecular weight excluding hydrogens is 432 g/mol. The molecule has 5 aromatic rings. The Balaban J connectivity index is 1.26. The number of hydrogen-bond acceptors (Lipinski definition) is 7. The van der Waals surface area contributed by atoms with Gasteiger partial charge in [0.25, 0.3) is 5.95 Å². The third-order valence-corrected chi connectivity index (χ3v) is 5.04. The van der Waals surface area contributed by atoms with Crippen molar-refractivity contribution in [2.24, 2.45) is 0 Å². The van der Waals surface area contributed by atoms with Crippen LogP contribution in [0.2, 0.25) is 5.02 Å². The number of nitrogens with zero attached hydrogens (tertiary/aromatic N) is 4. The molecule has 0 saturated carbocycles. The number of aromatic hydroxyl groups is 1. The molecule has 0 unspecified atom stereocenters. The standard InChI is InChI=1S/C23H17ClN4O4/c24-20-11-19(4-6-21(20)29)31-23-10-17-9-18(5-7-22(17)32-23)30-13-16-3-1-2-15(8-16)12-28-14-25-26-27-28/h1-11,14,29H,12-13H2. The summed E-state index contributed by atoms with van der Waals surface area (Å²) in [4.78, 5) is 0. The second-order valence-corrected chi connectivity index (χ2v) is 7.50. The maximum Gasteiger partial charge on any atom is 0.291 e. The molecule has 0 spiro atoms. The minimum atomic E-state index is -0.00801. The molecule has 0 aliphatic heterocycles. The molecule has 0 amide bonds. The van der Waals surface area contributed by atoms with Gasteiger partial charge in [-0.25, -0.2) is 4.68 Å². The summed E-state index contributed by atoms with van der Waals surface area (Å²) in [5, 5.41) is 21.8. The van der Waals surface area contributed by atoms with Crippen molar-refractivity contribution < 1.29 is 19.0 Å². The Morgan fingerprint density at radius 3 is 2.69 bits per heavy atom. The molecule has 0 saturated heterocycles. The van der Waals surface area contributed by atoms with Crippen molar-refractivity contribution in [3.05, 3.63) is 89.2 Å². The van der Waals surface area contributed by atoms with Gasteiger partial charge in [-0.1, -0.05) is 35.9 Å². The van der Waals surface area contributed by atoms with Crippen LogP contribution in [-0.2, 0) is 13.2 Å². The van der Waals surface area contributed by atoms with Crippen molar-refractivity contribution in [1.29, 1.82) is 0 Å². The molecule has 0 fully saturated rings. The molecule has 0 bridgehead atoms. The first-order chi connectivity index (χ1) is 15.6. The number of furan rings is 1. The zero-order valence-electron chi connectivity index (χ0n) is 16.7. The summed E-state index contributed by atoms with van der Waals surface area (Å²) in [6.07, 6.45) is 1.58. The second kappa shape index (κ2) is 8.60. The first-order valence-electron chi connectivity index (χ1n) is 9.74. The summed E-state index contributed by atoms with van der Waals surface area (Å²) in [5.74, 6) is 1.48. The fourth-order valence-electron chi connectivity index (χ4n) is 3.23. The number of fused-ring (bicyclic) bond motifs is 1. The Hall–Kier alpha value is -4.04. The van der Waals surface area contributed by atoms with E-state index in [1.807, 2.05) is 36.4 Å². The SMILES string of the molecule is Oc1ccc(Oc2cc3cc(OCc4cccc(Cn5cnnn5)c4)ccc3o2)cc1Cl. The minimum Gasteiger partial charge on any atom is -0.506 e. The van der Waals surface area contributed by atoms with E-state index in [1.54, 1.807) is 23.1 Å². The molecule has 0 atom stereocenters. The fraction of sp³-hybridized carbons (Fsp3) is 0.0870. The lowest BCUT2D eigenvalue weighted by molar-refractivity contribution is 0.306. The summed E-state index contributed by atoms with van der Waals surface area (Å²) in [6, 6.07) is 20.0. The molecule has 3 aromatic carbocycles. The predicted octanol–water partition coefficient (Wildman–Crippen LogP) is 5.20. The predicted molar refractivity (Wildman–Crippen MR) is 117 cm³/mol. The molecule has 9 heteroatoms. The number of benzene rings is 3. The van der Waals surface area contributed by atoms with Crippen LogP contribution in [0.5, 0.6) is 23.2 Å². The molecule has 2 aromatic heterocycles. The quantitative estimate of drug-likeness (QED) is 0.365. The van der Waals surface area contributed by atoms with Gasteiger partial charge in [-0.15, -0.1) is 5.10 Å². The number of tetrazole rings is 1. The van der Waals surface area contributed by atoms with E-state index < -0.39 is 0 Å². The molecule has 8 nitrogen and oxygen atoms in total. The van der Waals surface area contributed by atoms with Crippen molar-refractivity contribution in [3.63, 3.8) is 0 Å². The largest absolute Gasteiger partial charge is 0.506 e. The van der Waals surface area contributed by atoms with Crippen LogP contribution in [0.25, 0.3) is 11.0 Å². The Morgan fingerprint density at radius 1 is 0.969 bits per heavy atom. The molecule has 32 heavy (non-hydrogen) atoms. The lowest BCUT2D eigenvalue weighted by Gasteiger charge is -2.08. The number of phenols is 1. The lowest BCUT2D eigenvalue weighted by atomic mass is 10.1. The number of rotatable bonds is 7. The van der Waals surface area contributed by atoms with Gasteiger partial charge in [-0.05, 0) is 51.9 Å². The highest BCUT2D eigenvalue weighted by molar-refractivity contribution is 6.32. The van der Waals surface area contributed by atoms with E-state index in [0.717, 1.165) is 16.5 Å². The van der Waals surface area contributed by atoms with Crippen LogP contribution < -0.4 is 9.47 Å². The van der Waals surface area contributed by atoms with Gasteiger partial charge in [0.05, 0.1) is 11.6 Å². The molecule has 2 heterocycles. The van der Waals surface area contributed by atoms with E-state index in [0.29, 0.717) is 36.2 Å². The first kappa shape index (κ1) is 19.9. The first-order valence-corrected chi connectivity index (χ1v) is 10.1. The third kappa shape index (κ3) is 4.50. The van der Waals surface area contributed by atoms with E-state index >= 15 is 0 Å².